The minimum atomic E-state index is -0.183. The summed E-state index contributed by atoms with van der Waals surface area (Å²) in [6, 6.07) is 18.2. The summed E-state index contributed by atoms with van der Waals surface area (Å²) in [4.78, 5) is 20.4. The van der Waals surface area contributed by atoms with E-state index in [1.807, 2.05) is 62.4 Å². The smallest absolute Gasteiger partial charge is 0.261 e. The number of hydrogen-bond donors (Lipinski definition) is 2. The minimum absolute atomic E-state index is 0.183. The zero-order valence-corrected chi connectivity index (χ0v) is 19.0. The van der Waals surface area contributed by atoms with Gasteiger partial charge in [-0.1, -0.05) is 24.3 Å². The van der Waals surface area contributed by atoms with Gasteiger partial charge in [-0.05, 0) is 68.1 Å². The third-order valence-corrected chi connectivity index (χ3v) is 6.11. The molecule has 2 aromatic heterocycles. The van der Waals surface area contributed by atoms with Crippen molar-refractivity contribution in [2.75, 3.05) is 23.3 Å². The van der Waals surface area contributed by atoms with Gasteiger partial charge in [0, 0.05) is 30.2 Å². The number of pyridine rings is 1. The second-order valence-corrected chi connectivity index (χ2v) is 8.81. The summed E-state index contributed by atoms with van der Waals surface area (Å²) in [5.41, 5.74) is 10.5. The van der Waals surface area contributed by atoms with Crippen LogP contribution in [0.25, 0.3) is 16.7 Å². The molecule has 168 valence electrons. The molecule has 0 aliphatic carbocycles. The van der Waals surface area contributed by atoms with E-state index in [2.05, 4.69) is 21.4 Å². The molecule has 0 bridgehead atoms. The number of nitrogens with one attached hydrogen (secondary N) is 1. The van der Waals surface area contributed by atoms with E-state index in [9.17, 15) is 4.79 Å². The molecule has 7 nitrogen and oxygen atoms in total. The van der Waals surface area contributed by atoms with E-state index in [1.54, 1.807) is 10.9 Å². The highest BCUT2D eigenvalue weighted by molar-refractivity contribution is 6.07. The van der Waals surface area contributed by atoms with Crippen molar-refractivity contribution in [1.82, 2.24) is 14.8 Å². The Labute approximate surface area is 193 Å². The molecule has 1 saturated heterocycles. The maximum absolute atomic E-state index is 13.4. The molecule has 5 rings (SSSR count). The first-order valence-electron chi connectivity index (χ1n) is 11.3. The summed E-state index contributed by atoms with van der Waals surface area (Å²) >= 11 is 0. The summed E-state index contributed by atoms with van der Waals surface area (Å²) in [6.07, 6.45) is 3.38. The predicted octanol–water partition coefficient (Wildman–Crippen LogP) is 4.22. The summed E-state index contributed by atoms with van der Waals surface area (Å²) in [7, 11) is 0. The number of nitrogens with two attached hydrogens (primary N) is 1. The van der Waals surface area contributed by atoms with Crippen LogP contribution in [-0.2, 0) is 0 Å². The lowest BCUT2D eigenvalue weighted by Gasteiger charge is -2.32. The summed E-state index contributed by atoms with van der Waals surface area (Å²) in [6.45, 7) is 5.58. The van der Waals surface area contributed by atoms with E-state index in [-0.39, 0.29) is 11.9 Å². The van der Waals surface area contributed by atoms with Crippen molar-refractivity contribution in [3.05, 3.63) is 77.5 Å². The number of aromatic nitrogens is 3. The maximum Gasteiger partial charge on any atom is 0.261 e. The Hall–Kier alpha value is -3.71. The van der Waals surface area contributed by atoms with Crippen molar-refractivity contribution < 1.29 is 4.79 Å². The van der Waals surface area contributed by atoms with Gasteiger partial charge in [0.1, 0.15) is 11.4 Å². The molecule has 1 aliphatic rings. The summed E-state index contributed by atoms with van der Waals surface area (Å²) in [5, 5.41) is 8.73. The number of aryl methyl sites for hydroxylation is 2. The van der Waals surface area contributed by atoms with E-state index >= 15 is 0 Å². The van der Waals surface area contributed by atoms with Gasteiger partial charge in [-0.15, -0.1) is 0 Å². The second-order valence-electron chi connectivity index (χ2n) is 8.81. The first kappa shape index (κ1) is 21.2. The van der Waals surface area contributed by atoms with Crippen LogP contribution < -0.4 is 16.0 Å². The van der Waals surface area contributed by atoms with Gasteiger partial charge >= 0.3 is 0 Å². The van der Waals surface area contributed by atoms with Crippen LogP contribution in [0.4, 0.5) is 11.5 Å². The lowest BCUT2D eigenvalue weighted by atomic mass is 10.1. The quantitative estimate of drug-likeness (QED) is 0.496. The fraction of sp³-hybridized carbons (Fsp3) is 0.269. The third kappa shape index (κ3) is 4.32. The van der Waals surface area contributed by atoms with Crippen molar-refractivity contribution in [3.63, 3.8) is 0 Å². The van der Waals surface area contributed by atoms with Crippen LogP contribution in [0.5, 0.6) is 0 Å². The zero-order chi connectivity index (χ0) is 22.9. The highest BCUT2D eigenvalue weighted by Gasteiger charge is 2.27. The Morgan fingerprint density at radius 1 is 1.03 bits per heavy atom. The van der Waals surface area contributed by atoms with Crippen LogP contribution in [0.2, 0.25) is 0 Å². The number of piperidine rings is 1. The molecule has 0 saturated carbocycles. The summed E-state index contributed by atoms with van der Waals surface area (Å²) < 4.78 is 1.78. The average Bonchev–Trinajstić information content (AvgIpc) is 3.24. The van der Waals surface area contributed by atoms with Crippen LogP contribution >= 0.6 is 0 Å². The molecular formula is C26H28N6O. The number of para-hydroxylation sites is 1. The number of benzene rings is 2. The van der Waals surface area contributed by atoms with Crippen LogP contribution in [0.15, 0.2) is 60.8 Å². The Morgan fingerprint density at radius 2 is 1.76 bits per heavy atom. The van der Waals surface area contributed by atoms with Crippen LogP contribution in [0, 0.1) is 13.8 Å². The number of fused-ring (bicyclic) bond motifs is 1. The number of nitrogens with zero attached hydrogens (tertiary/aromatic N) is 4. The Morgan fingerprint density at radius 3 is 2.52 bits per heavy atom. The van der Waals surface area contributed by atoms with E-state index in [0.717, 1.165) is 59.5 Å². The number of amides is 1. The predicted molar refractivity (Wildman–Crippen MR) is 132 cm³/mol. The topological polar surface area (TPSA) is 89.1 Å². The Bertz CT molecular complexity index is 1300. The number of anilines is 2. The largest absolute Gasteiger partial charge is 0.356 e. The molecule has 0 atom stereocenters. The highest BCUT2D eigenvalue weighted by atomic mass is 16.1. The molecule has 0 unspecified atom stereocenters. The highest BCUT2D eigenvalue weighted by Crippen LogP contribution is 2.28. The maximum atomic E-state index is 13.4. The molecular weight excluding hydrogens is 412 g/mol. The number of hydrogen-bond acceptors (Lipinski definition) is 5. The van der Waals surface area contributed by atoms with Gasteiger partial charge in [0.2, 0.25) is 0 Å². The summed E-state index contributed by atoms with van der Waals surface area (Å²) in [5.74, 6) is 1.26. The second kappa shape index (κ2) is 8.67. The average molecular weight is 441 g/mol. The molecule has 3 N–H and O–H groups in total. The molecule has 7 heteroatoms. The fourth-order valence-corrected chi connectivity index (χ4v) is 4.50. The Kier molecular flexibility index (Phi) is 5.56. The van der Waals surface area contributed by atoms with Gasteiger partial charge in [0.15, 0.2) is 5.82 Å². The van der Waals surface area contributed by atoms with E-state index < -0.39 is 0 Å². The van der Waals surface area contributed by atoms with E-state index in [0.29, 0.717) is 11.4 Å². The van der Waals surface area contributed by atoms with Crippen LogP contribution in [0.1, 0.15) is 34.3 Å². The SMILES string of the molecule is Cc1cc(C)cc(NC(=O)c2cnn(-c3ccc4ccccc4n3)c2N2CCC(N)CC2)c1. The van der Waals surface area contributed by atoms with Crippen molar-refractivity contribution in [1.29, 1.82) is 0 Å². The molecule has 2 aromatic carbocycles. The fourth-order valence-electron chi connectivity index (χ4n) is 4.50. The van der Waals surface area contributed by atoms with E-state index in [4.69, 9.17) is 10.7 Å². The lowest BCUT2D eigenvalue weighted by molar-refractivity contribution is 0.102. The first-order chi connectivity index (χ1) is 16.0. The van der Waals surface area contributed by atoms with Crippen molar-refractivity contribution in [2.24, 2.45) is 5.73 Å². The van der Waals surface area contributed by atoms with Crippen molar-refractivity contribution >= 4 is 28.3 Å². The first-order valence-corrected chi connectivity index (χ1v) is 11.3. The normalized spacial score (nSPS) is 14.6. The van der Waals surface area contributed by atoms with Crippen LogP contribution in [0.3, 0.4) is 0 Å². The monoisotopic (exact) mass is 440 g/mol. The molecule has 3 heterocycles. The molecule has 1 aliphatic heterocycles. The lowest BCUT2D eigenvalue weighted by Crippen LogP contribution is -2.41. The van der Waals surface area contributed by atoms with E-state index in [1.165, 1.54) is 0 Å². The third-order valence-electron chi connectivity index (χ3n) is 6.11. The minimum Gasteiger partial charge on any atom is -0.356 e. The number of rotatable bonds is 4. The van der Waals surface area contributed by atoms with Gasteiger partial charge in [-0.2, -0.15) is 9.78 Å². The molecule has 1 fully saturated rings. The molecule has 0 radical (unpaired) electrons. The number of carbonyl (C=O) groups is 1. The van der Waals surface area contributed by atoms with Crippen molar-refractivity contribution in [2.45, 2.75) is 32.7 Å². The van der Waals surface area contributed by atoms with Gasteiger partial charge in [-0.3, -0.25) is 4.79 Å². The standard InChI is InChI=1S/C26H28N6O/c1-17-13-18(2)15-21(14-17)29-25(33)22-16-28-32(26(22)31-11-9-20(27)10-12-31)24-8-7-19-5-3-4-6-23(19)30-24/h3-8,13-16,20H,9-12,27H2,1-2H3,(H,29,33). The van der Waals surface area contributed by atoms with Gasteiger partial charge < -0.3 is 16.0 Å². The van der Waals surface area contributed by atoms with Gasteiger partial charge in [0.05, 0.1) is 11.7 Å². The van der Waals surface area contributed by atoms with Crippen molar-refractivity contribution in [3.8, 4) is 5.82 Å². The van der Waals surface area contributed by atoms with Gasteiger partial charge in [0.25, 0.3) is 5.91 Å². The Balaban J connectivity index is 1.56. The number of carbonyl (C=O) groups excluding carboxylic acids is 1. The molecule has 33 heavy (non-hydrogen) atoms. The van der Waals surface area contributed by atoms with Gasteiger partial charge in [-0.25, -0.2) is 4.98 Å². The molecule has 0 spiro atoms. The molecule has 1 amide bonds. The van der Waals surface area contributed by atoms with Crippen LogP contribution in [-0.4, -0.2) is 39.8 Å². The zero-order valence-electron chi connectivity index (χ0n) is 19.0. The molecule has 4 aromatic rings.